The highest BCUT2D eigenvalue weighted by atomic mass is 79.9. The summed E-state index contributed by atoms with van der Waals surface area (Å²) in [5.41, 5.74) is 2.68. The van der Waals surface area contributed by atoms with E-state index in [9.17, 15) is 4.79 Å². The summed E-state index contributed by atoms with van der Waals surface area (Å²) in [5.74, 6) is 1.32. The van der Waals surface area contributed by atoms with Crippen molar-refractivity contribution in [1.29, 1.82) is 0 Å². The third kappa shape index (κ3) is 5.49. The van der Waals surface area contributed by atoms with E-state index in [1.807, 2.05) is 64.1 Å². The first-order valence-electron chi connectivity index (χ1n) is 8.27. The molecule has 4 nitrogen and oxygen atoms in total. The number of halogens is 1. The van der Waals surface area contributed by atoms with E-state index in [4.69, 9.17) is 9.47 Å². The largest absolute Gasteiger partial charge is 0.491 e. The number of amides is 1. The molecule has 0 bridgehead atoms. The molecule has 2 rings (SSSR count). The summed E-state index contributed by atoms with van der Waals surface area (Å²) in [7, 11) is 0. The van der Waals surface area contributed by atoms with Crippen molar-refractivity contribution in [2.45, 2.75) is 46.8 Å². The number of nitrogens with one attached hydrogen (secondary N) is 1. The molecule has 5 heteroatoms. The van der Waals surface area contributed by atoms with E-state index in [0.29, 0.717) is 5.69 Å². The SMILES string of the molecule is Cc1cc(Br)cc(C)c1OC(C)C(=O)Nc1ccc(OC(C)C)cc1. The predicted octanol–water partition coefficient (Wildman–Crippen LogP) is 5.26. The number of carbonyl (C=O) groups is 1. The number of aryl methyl sites for hydroxylation is 2. The molecule has 0 heterocycles. The number of anilines is 1. The molecule has 0 aliphatic rings. The van der Waals surface area contributed by atoms with Crippen LogP contribution in [0.4, 0.5) is 5.69 Å². The third-order valence-corrected chi connectivity index (χ3v) is 4.04. The van der Waals surface area contributed by atoms with Crippen LogP contribution in [-0.4, -0.2) is 18.1 Å². The smallest absolute Gasteiger partial charge is 0.265 e. The minimum Gasteiger partial charge on any atom is -0.491 e. The lowest BCUT2D eigenvalue weighted by Gasteiger charge is -2.18. The standard InChI is InChI=1S/C20H24BrNO3/c1-12(2)24-18-8-6-17(7-9-18)22-20(23)15(5)25-19-13(3)10-16(21)11-14(19)4/h6-12,15H,1-5H3,(H,22,23). The molecule has 0 saturated heterocycles. The normalized spacial score (nSPS) is 12.0. The zero-order valence-corrected chi connectivity index (χ0v) is 16.8. The quantitative estimate of drug-likeness (QED) is 0.712. The lowest BCUT2D eigenvalue weighted by Crippen LogP contribution is -2.30. The Morgan fingerprint density at radius 2 is 1.56 bits per heavy atom. The second-order valence-electron chi connectivity index (χ2n) is 6.31. The van der Waals surface area contributed by atoms with Crippen LogP contribution in [0.5, 0.6) is 11.5 Å². The summed E-state index contributed by atoms with van der Waals surface area (Å²) in [6.45, 7) is 9.62. The number of hydrogen-bond acceptors (Lipinski definition) is 3. The van der Waals surface area contributed by atoms with Crippen molar-refractivity contribution >= 4 is 27.5 Å². The van der Waals surface area contributed by atoms with Crippen LogP contribution in [0.1, 0.15) is 31.9 Å². The van der Waals surface area contributed by atoms with Crippen LogP contribution in [0.15, 0.2) is 40.9 Å². The molecule has 0 aliphatic carbocycles. The summed E-state index contributed by atoms with van der Waals surface area (Å²) in [6.07, 6.45) is -0.489. The van der Waals surface area contributed by atoms with Crippen molar-refractivity contribution in [1.82, 2.24) is 0 Å². The summed E-state index contributed by atoms with van der Waals surface area (Å²) in [4.78, 5) is 12.4. The summed E-state index contributed by atoms with van der Waals surface area (Å²) < 4.78 is 12.5. The van der Waals surface area contributed by atoms with E-state index >= 15 is 0 Å². The molecule has 0 saturated carbocycles. The highest BCUT2D eigenvalue weighted by molar-refractivity contribution is 9.10. The van der Waals surface area contributed by atoms with Gasteiger partial charge >= 0.3 is 0 Å². The summed E-state index contributed by atoms with van der Waals surface area (Å²) in [6, 6.07) is 11.3. The van der Waals surface area contributed by atoms with Gasteiger partial charge in [0.25, 0.3) is 5.91 Å². The maximum Gasteiger partial charge on any atom is 0.265 e. The highest BCUT2D eigenvalue weighted by Gasteiger charge is 2.17. The lowest BCUT2D eigenvalue weighted by atomic mass is 10.1. The van der Waals surface area contributed by atoms with Crippen molar-refractivity contribution < 1.29 is 14.3 Å². The Kier molecular flexibility index (Phi) is 6.48. The van der Waals surface area contributed by atoms with Gasteiger partial charge in [0.15, 0.2) is 6.10 Å². The Morgan fingerprint density at radius 3 is 2.08 bits per heavy atom. The fourth-order valence-corrected chi connectivity index (χ4v) is 3.13. The Labute approximate surface area is 157 Å². The predicted molar refractivity (Wildman–Crippen MR) is 105 cm³/mol. The van der Waals surface area contributed by atoms with Crippen molar-refractivity contribution in [2.24, 2.45) is 0 Å². The van der Waals surface area contributed by atoms with Crippen LogP contribution in [0.25, 0.3) is 0 Å². The molecular weight excluding hydrogens is 382 g/mol. The van der Waals surface area contributed by atoms with Crippen molar-refractivity contribution in [3.63, 3.8) is 0 Å². The highest BCUT2D eigenvalue weighted by Crippen LogP contribution is 2.28. The van der Waals surface area contributed by atoms with Gasteiger partial charge in [0.2, 0.25) is 0 Å². The van der Waals surface area contributed by atoms with E-state index in [1.54, 1.807) is 6.92 Å². The fourth-order valence-electron chi connectivity index (χ4n) is 2.45. The zero-order chi connectivity index (χ0) is 18.6. The van der Waals surface area contributed by atoms with Crippen LogP contribution in [0.3, 0.4) is 0 Å². The molecule has 0 aliphatic heterocycles. The summed E-state index contributed by atoms with van der Waals surface area (Å²) in [5, 5.41) is 2.86. The maximum atomic E-state index is 12.4. The van der Waals surface area contributed by atoms with Gasteiger partial charge < -0.3 is 14.8 Å². The first kappa shape index (κ1) is 19.3. The Morgan fingerprint density at radius 1 is 1.00 bits per heavy atom. The van der Waals surface area contributed by atoms with Gasteiger partial charge in [0.05, 0.1) is 6.10 Å². The van der Waals surface area contributed by atoms with Crippen molar-refractivity contribution in [3.8, 4) is 11.5 Å². The molecule has 2 aromatic carbocycles. The fraction of sp³-hybridized carbons (Fsp3) is 0.350. The lowest BCUT2D eigenvalue weighted by molar-refractivity contribution is -0.122. The van der Waals surface area contributed by atoms with Gasteiger partial charge in [-0.3, -0.25) is 4.79 Å². The second-order valence-corrected chi connectivity index (χ2v) is 7.22. The van der Waals surface area contributed by atoms with Gasteiger partial charge in [-0.25, -0.2) is 0 Å². The average molecular weight is 406 g/mol. The van der Waals surface area contributed by atoms with E-state index in [2.05, 4.69) is 21.2 Å². The van der Waals surface area contributed by atoms with E-state index in [0.717, 1.165) is 27.1 Å². The van der Waals surface area contributed by atoms with Crippen LogP contribution in [0, 0.1) is 13.8 Å². The van der Waals surface area contributed by atoms with E-state index in [-0.39, 0.29) is 12.0 Å². The number of benzene rings is 2. The van der Waals surface area contributed by atoms with Gasteiger partial charge in [0.1, 0.15) is 11.5 Å². The van der Waals surface area contributed by atoms with E-state index in [1.165, 1.54) is 0 Å². The van der Waals surface area contributed by atoms with Gasteiger partial charge in [-0.05, 0) is 82.1 Å². The topological polar surface area (TPSA) is 47.6 Å². The number of ether oxygens (including phenoxy) is 2. The van der Waals surface area contributed by atoms with Gasteiger partial charge in [-0.1, -0.05) is 15.9 Å². The zero-order valence-electron chi connectivity index (χ0n) is 15.2. The van der Waals surface area contributed by atoms with Crippen LogP contribution in [-0.2, 0) is 4.79 Å². The minimum atomic E-state index is -0.606. The third-order valence-electron chi connectivity index (χ3n) is 3.58. The monoisotopic (exact) mass is 405 g/mol. The molecule has 1 unspecified atom stereocenters. The van der Waals surface area contributed by atoms with Gasteiger partial charge in [-0.2, -0.15) is 0 Å². The number of hydrogen-bond donors (Lipinski definition) is 1. The van der Waals surface area contributed by atoms with Gasteiger partial charge in [-0.15, -0.1) is 0 Å². The molecule has 134 valence electrons. The molecule has 0 radical (unpaired) electrons. The molecule has 1 N–H and O–H groups in total. The van der Waals surface area contributed by atoms with Crippen molar-refractivity contribution in [3.05, 3.63) is 52.0 Å². The van der Waals surface area contributed by atoms with Crippen LogP contribution in [0.2, 0.25) is 0 Å². The Balaban J connectivity index is 2.01. The minimum absolute atomic E-state index is 0.117. The Hall–Kier alpha value is -2.01. The van der Waals surface area contributed by atoms with Crippen molar-refractivity contribution in [2.75, 3.05) is 5.32 Å². The molecule has 1 atom stereocenters. The first-order valence-corrected chi connectivity index (χ1v) is 9.06. The molecule has 0 aromatic heterocycles. The number of carbonyl (C=O) groups excluding carboxylic acids is 1. The average Bonchev–Trinajstić information content (AvgIpc) is 2.52. The first-order chi connectivity index (χ1) is 11.8. The second kappa shape index (κ2) is 8.39. The van der Waals surface area contributed by atoms with E-state index < -0.39 is 6.10 Å². The maximum absolute atomic E-state index is 12.4. The van der Waals surface area contributed by atoms with Crippen LogP contribution < -0.4 is 14.8 Å². The molecule has 2 aromatic rings. The number of rotatable bonds is 6. The molecular formula is C20H24BrNO3. The molecule has 1 amide bonds. The Bertz CT molecular complexity index is 718. The molecule has 0 spiro atoms. The molecule has 0 fully saturated rings. The molecule has 25 heavy (non-hydrogen) atoms. The van der Waals surface area contributed by atoms with Crippen LogP contribution >= 0.6 is 15.9 Å². The van der Waals surface area contributed by atoms with Gasteiger partial charge in [0, 0.05) is 10.2 Å². The summed E-state index contributed by atoms with van der Waals surface area (Å²) >= 11 is 3.46.